The van der Waals surface area contributed by atoms with E-state index in [1.165, 1.54) is 18.2 Å². The molecular formula is C24H26F3NO3. The van der Waals surface area contributed by atoms with E-state index in [4.69, 9.17) is 4.74 Å². The third kappa shape index (κ3) is 4.27. The van der Waals surface area contributed by atoms with Gasteiger partial charge in [0, 0.05) is 29.3 Å². The van der Waals surface area contributed by atoms with Gasteiger partial charge in [-0.3, -0.25) is 9.59 Å². The fourth-order valence-corrected chi connectivity index (χ4v) is 5.05. The number of benzene rings is 1. The Morgan fingerprint density at radius 1 is 1.06 bits per heavy atom. The number of hydrogen-bond donors (Lipinski definition) is 1. The number of halogens is 3. The SMILES string of the molecule is C=C1NC2=C(C(=O)CCC2)C(c2ccccc2C(F)(F)F)C1C(=O)OC1CCCCC1. The zero-order chi connectivity index (χ0) is 22.2. The second kappa shape index (κ2) is 8.52. The molecule has 1 fully saturated rings. The van der Waals surface area contributed by atoms with Crippen molar-refractivity contribution in [3.63, 3.8) is 0 Å². The highest BCUT2D eigenvalue weighted by Gasteiger charge is 2.47. The van der Waals surface area contributed by atoms with E-state index in [9.17, 15) is 22.8 Å². The van der Waals surface area contributed by atoms with Gasteiger partial charge in [-0.05, 0) is 50.2 Å². The topological polar surface area (TPSA) is 55.4 Å². The highest BCUT2D eigenvalue weighted by Crippen LogP contribution is 2.48. The van der Waals surface area contributed by atoms with Crippen molar-refractivity contribution in [1.29, 1.82) is 0 Å². The molecule has 0 spiro atoms. The van der Waals surface area contributed by atoms with Crippen molar-refractivity contribution in [2.24, 2.45) is 5.92 Å². The standard InChI is InChI=1S/C24H26F3NO3/c1-14-20(23(30)31-15-8-3-2-4-9-15)21(22-18(28-14)12-7-13-19(22)29)16-10-5-6-11-17(16)24(25,26)27/h5-6,10-11,15,20-21,28H,1-4,7-9,12-13H2. The van der Waals surface area contributed by atoms with Crippen LogP contribution in [0.4, 0.5) is 13.2 Å². The van der Waals surface area contributed by atoms with Crippen molar-refractivity contribution < 1.29 is 27.5 Å². The number of ether oxygens (including phenoxy) is 1. The Bertz CT molecular complexity index is 928. The second-order valence-corrected chi connectivity index (χ2v) is 8.56. The Hall–Kier alpha value is -2.57. The van der Waals surface area contributed by atoms with Crippen LogP contribution in [0, 0.1) is 5.92 Å². The van der Waals surface area contributed by atoms with Crippen LogP contribution in [0.3, 0.4) is 0 Å². The lowest BCUT2D eigenvalue weighted by Crippen LogP contribution is -2.42. The number of esters is 1. The summed E-state index contributed by atoms with van der Waals surface area (Å²) in [6, 6.07) is 5.18. The van der Waals surface area contributed by atoms with Gasteiger partial charge in [-0.1, -0.05) is 31.2 Å². The Morgan fingerprint density at radius 2 is 1.77 bits per heavy atom. The van der Waals surface area contributed by atoms with E-state index in [1.54, 1.807) is 0 Å². The van der Waals surface area contributed by atoms with Crippen LogP contribution in [-0.4, -0.2) is 17.9 Å². The molecule has 4 rings (SSSR count). The fraction of sp³-hybridized carbons (Fsp3) is 0.500. The minimum absolute atomic E-state index is 0.0778. The molecule has 1 heterocycles. The zero-order valence-electron chi connectivity index (χ0n) is 17.3. The maximum absolute atomic E-state index is 13.9. The number of carbonyl (C=O) groups excluding carboxylic acids is 2. The summed E-state index contributed by atoms with van der Waals surface area (Å²) in [6.45, 7) is 3.95. The third-order valence-corrected chi connectivity index (χ3v) is 6.48. The molecule has 0 amide bonds. The van der Waals surface area contributed by atoms with Crippen molar-refractivity contribution in [2.45, 2.75) is 69.6 Å². The predicted molar refractivity (Wildman–Crippen MR) is 109 cm³/mol. The monoisotopic (exact) mass is 433 g/mol. The molecule has 7 heteroatoms. The highest BCUT2D eigenvalue weighted by atomic mass is 19.4. The average Bonchev–Trinajstić information content (AvgIpc) is 2.73. The number of alkyl halides is 3. The quantitative estimate of drug-likeness (QED) is 0.648. The first-order chi connectivity index (χ1) is 14.8. The van der Waals surface area contributed by atoms with E-state index in [0.717, 1.165) is 38.2 Å². The van der Waals surface area contributed by atoms with Gasteiger partial charge in [0.2, 0.25) is 0 Å². The van der Waals surface area contributed by atoms with Crippen LogP contribution in [0.1, 0.15) is 68.4 Å². The first-order valence-electron chi connectivity index (χ1n) is 10.9. The Morgan fingerprint density at radius 3 is 2.48 bits per heavy atom. The normalized spacial score (nSPS) is 25.1. The molecular weight excluding hydrogens is 407 g/mol. The van der Waals surface area contributed by atoms with Gasteiger partial charge in [0.25, 0.3) is 0 Å². The Kier molecular flexibility index (Phi) is 5.95. The molecule has 0 saturated heterocycles. The minimum Gasteiger partial charge on any atom is -0.462 e. The first-order valence-corrected chi connectivity index (χ1v) is 10.9. The van der Waals surface area contributed by atoms with Gasteiger partial charge in [-0.2, -0.15) is 13.2 Å². The number of carbonyl (C=O) groups is 2. The molecule has 0 radical (unpaired) electrons. The predicted octanol–water partition coefficient (Wildman–Crippen LogP) is 5.41. The van der Waals surface area contributed by atoms with Gasteiger partial charge >= 0.3 is 12.1 Å². The largest absolute Gasteiger partial charge is 0.462 e. The van der Waals surface area contributed by atoms with Crippen LogP contribution < -0.4 is 5.32 Å². The summed E-state index contributed by atoms with van der Waals surface area (Å²) in [6.07, 6.45) is 1.03. The number of allylic oxidation sites excluding steroid dienone is 2. The van der Waals surface area contributed by atoms with Crippen LogP contribution in [0.15, 0.2) is 47.8 Å². The van der Waals surface area contributed by atoms with E-state index in [1.807, 2.05) is 0 Å². The van der Waals surface area contributed by atoms with Gasteiger partial charge in [-0.25, -0.2) is 0 Å². The number of nitrogens with one attached hydrogen (secondary N) is 1. The van der Waals surface area contributed by atoms with Crippen molar-refractivity contribution in [2.75, 3.05) is 0 Å². The van der Waals surface area contributed by atoms with Crippen LogP contribution >= 0.6 is 0 Å². The summed E-state index contributed by atoms with van der Waals surface area (Å²) < 4.78 is 47.3. The molecule has 0 bridgehead atoms. The lowest BCUT2D eigenvalue weighted by atomic mass is 9.70. The maximum Gasteiger partial charge on any atom is 0.416 e. The Labute approximate surface area is 179 Å². The molecule has 2 atom stereocenters. The third-order valence-electron chi connectivity index (χ3n) is 6.48. The summed E-state index contributed by atoms with van der Waals surface area (Å²) >= 11 is 0. The molecule has 3 aliphatic rings. The molecule has 1 aliphatic heterocycles. The lowest BCUT2D eigenvalue weighted by Gasteiger charge is -2.39. The molecule has 1 saturated carbocycles. The van der Waals surface area contributed by atoms with E-state index >= 15 is 0 Å². The van der Waals surface area contributed by atoms with E-state index in [-0.39, 0.29) is 35.1 Å². The van der Waals surface area contributed by atoms with Gasteiger partial charge in [0.05, 0.1) is 5.56 Å². The van der Waals surface area contributed by atoms with E-state index < -0.39 is 29.5 Å². The van der Waals surface area contributed by atoms with Crippen molar-refractivity contribution in [1.82, 2.24) is 5.32 Å². The molecule has 0 aromatic heterocycles. The summed E-state index contributed by atoms with van der Waals surface area (Å²) in [5.41, 5.74) is 0.212. The van der Waals surface area contributed by atoms with Crippen molar-refractivity contribution in [3.05, 3.63) is 58.9 Å². The van der Waals surface area contributed by atoms with Gasteiger partial charge in [0.15, 0.2) is 5.78 Å². The van der Waals surface area contributed by atoms with Gasteiger partial charge < -0.3 is 10.1 Å². The number of Topliss-reactive ketones (excluding diaryl/α,β-unsaturated/α-hetero) is 1. The number of ketones is 1. The summed E-state index contributed by atoms with van der Waals surface area (Å²) in [5, 5.41) is 3.06. The van der Waals surface area contributed by atoms with E-state index in [2.05, 4.69) is 11.9 Å². The minimum atomic E-state index is -4.61. The molecule has 1 N–H and O–H groups in total. The average molecular weight is 433 g/mol. The van der Waals surface area contributed by atoms with Crippen molar-refractivity contribution in [3.8, 4) is 0 Å². The number of hydrogen-bond acceptors (Lipinski definition) is 4. The number of rotatable bonds is 3. The van der Waals surface area contributed by atoms with Crippen LogP contribution in [0.2, 0.25) is 0 Å². The summed E-state index contributed by atoms with van der Waals surface area (Å²) in [4.78, 5) is 26.1. The first kappa shape index (κ1) is 21.7. The second-order valence-electron chi connectivity index (χ2n) is 8.56. The zero-order valence-corrected chi connectivity index (χ0v) is 17.3. The van der Waals surface area contributed by atoms with Crippen LogP contribution in [0.5, 0.6) is 0 Å². The van der Waals surface area contributed by atoms with Crippen LogP contribution in [0.25, 0.3) is 0 Å². The molecule has 2 unspecified atom stereocenters. The molecule has 166 valence electrons. The highest BCUT2D eigenvalue weighted by molar-refractivity contribution is 6.00. The lowest BCUT2D eigenvalue weighted by molar-refractivity contribution is -0.155. The van der Waals surface area contributed by atoms with Crippen molar-refractivity contribution >= 4 is 11.8 Å². The smallest absolute Gasteiger partial charge is 0.416 e. The molecule has 1 aromatic rings. The Balaban J connectivity index is 1.80. The maximum atomic E-state index is 13.9. The molecule has 31 heavy (non-hydrogen) atoms. The van der Waals surface area contributed by atoms with E-state index in [0.29, 0.717) is 18.5 Å². The molecule has 4 nitrogen and oxygen atoms in total. The van der Waals surface area contributed by atoms with Crippen LogP contribution in [-0.2, 0) is 20.5 Å². The van der Waals surface area contributed by atoms with Gasteiger partial charge in [-0.15, -0.1) is 0 Å². The summed E-state index contributed by atoms with van der Waals surface area (Å²) in [7, 11) is 0. The molecule has 2 aliphatic carbocycles. The van der Waals surface area contributed by atoms with Gasteiger partial charge in [0.1, 0.15) is 12.0 Å². The summed E-state index contributed by atoms with van der Waals surface area (Å²) in [5.74, 6) is -2.99. The molecule has 1 aromatic carbocycles. The fourth-order valence-electron chi connectivity index (χ4n) is 5.05.